The van der Waals surface area contributed by atoms with Gasteiger partial charge in [0.2, 0.25) is 10.0 Å². The molecule has 2 rings (SSSR count). The second-order valence-electron chi connectivity index (χ2n) is 3.99. The number of fused-ring (bicyclic) bond motifs is 1. The van der Waals surface area contributed by atoms with E-state index in [0.29, 0.717) is 24.7 Å². The minimum Gasteiger partial charge on any atom is -0.486 e. The zero-order valence-corrected chi connectivity index (χ0v) is 10.9. The molecule has 1 heterocycles. The van der Waals surface area contributed by atoms with Crippen molar-refractivity contribution in [2.24, 2.45) is 0 Å². The number of hydrogen-bond acceptors (Lipinski definition) is 6. The van der Waals surface area contributed by atoms with Crippen LogP contribution in [0.4, 0.5) is 0 Å². The van der Waals surface area contributed by atoms with Crippen molar-refractivity contribution in [3.8, 4) is 11.5 Å². The van der Waals surface area contributed by atoms with Gasteiger partial charge in [-0.3, -0.25) is 0 Å². The van der Waals surface area contributed by atoms with E-state index in [1.54, 1.807) is 0 Å². The average Bonchev–Trinajstić information content (AvgIpc) is 2.44. The van der Waals surface area contributed by atoms with E-state index in [0.717, 1.165) is 0 Å². The highest BCUT2D eigenvalue weighted by Crippen LogP contribution is 2.32. The third-order valence-corrected chi connectivity index (χ3v) is 4.10. The van der Waals surface area contributed by atoms with Gasteiger partial charge in [0.05, 0.1) is 24.2 Å². The van der Waals surface area contributed by atoms with Gasteiger partial charge in [0.1, 0.15) is 13.2 Å². The molecule has 0 unspecified atom stereocenters. The first-order valence-corrected chi connectivity index (χ1v) is 7.19. The largest absolute Gasteiger partial charge is 0.486 e. The van der Waals surface area contributed by atoms with Crippen molar-refractivity contribution in [1.29, 1.82) is 0 Å². The molecule has 0 bridgehead atoms. The van der Waals surface area contributed by atoms with Gasteiger partial charge in [-0.2, -0.15) is 0 Å². The van der Waals surface area contributed by atoms with Crippen molar-refractivity contribution in [1.82, 2.24) is 4.72 Å². The monoisotopic (exact) mass is 289 g/mol. The Morgan fingerprint density at radius 1 is 1.16 bits per heavy atom. The van der Waals surface area contributed by atoms with Gasteiger partial charge in [0.25, 0.3) is 0 Å². The SMILES string of the molecule is O=S(=O)(NC(CO)CO)c1ccc2c(c1)OCCO2. The number of hydrogen-bond donors (Lipinski definition) is 3. The molecule has 0 saturated carbocycles. The lowest BCUT2D eigenvalue weighted by molar-refractivity contribution is 0.171. The molecule has 1 aliphatic rings. The van der Waals surface area contributed by atoms with Crippen LogP contribution in [0.1, 0.15) is 0 Å². The van der Waals surface area contributed by atoms with Crippen LogP contribution in [0, 0.1) is 0 Å². The quantitative estimate of drug-likeness (QED) is 0.648. The van der Waals surface area contributed by atoms with E-state index in [9.17, 15) is 8.42 Å². The molecule has 8 heteroatoms. The van der Waals surface area contributed by atoms with Gasteiger partial charge in [-0.05, 0) is 12.1 Å². The van der Waals surface area contributed by atoms with Gasteiger partial charge < -0.3 is 19.7 Å². The zero-order valence-electron chi connectivity index (χ0n) is 10.1. The molecule has 0 amide bonds. The molecular weight excluding hydrogens is 274 g/mol. The summed E-state index contributed by atoms with van der Waals surface area (Å²) in [6, 6.07) is 3.30. The van der Waals surface area contributed by atoms with Crippen LogP contribution in [0.3, 0.4) is 0 Å². The number of rotatable bonds is 5. The van der Waals surface area contributed by atoms with Crippen molar-refractivity contribution >= 4 is 10.0 Å². The summed E-state index contributed by atoms with van der Waals surface area (Å²) < 4.78 is 36.8. The molecule has 0 atom stereocenters. The molecule has 106 valence electrons. The molecule has 0 fully saturated rings. The third kappa shape index (κ3) is 3.16. The van der Waals surface area contributed by atoms with E-state index in [1.165, 1.54) is 18.2 Å². The van der Waals surface area contributed by atoms with Crippen LogP contribution in [-0.4, -0.2) is 51.1 Å². The van der Waals surface area contributed by atoms with Crippen LogP contribution in [0.5, 0.6) is 11.5 Å². The van der Waals surface area contributed by atoms with Gasteiger partial charge in [-0.25, -0.2) is 13.1 Å². The molecule has 0 saturated heterocycles. The van der Waals surface area contributed by atoms with E-state index in [-0.39, 0.29) is 4.90 Å². The number of nitrogens with one attached hydrogen (secondary N) is 1. The van der Waals surface area contributed by atoms with Crippen LogP contribution in [0.25, 0.3) is 0 Å². The van der Waals surface area contributed by atoms with Gasteiger partial charge in [-0.1, -0.05) is 0 Å². The Hall–Kier alpha value is -1.35. The summed E-state index contributed by atoms with van der Waals surface area (Å²) in [5, 5.41) is 17.8. The Morgan fingerprint density at radius 3 is 2.42 bits per heavy atom. The van der Waals surface area contributed by atoms with Crippen LogP contribution in [-0.2, 0) is 10.0 Å². The molecule has 1 aromatic rings. The maximum absolute atomic E-state index is 12.0. The van der Waals surface area contributed by atoms with Crippen molar-refractivity contribution in [3.05, 3.63) is 18.2 Å². The molecule has 0 radical (unpaired) electrons. The number of sulfonamides is 1. The first kappa shape index (κ1) is 14.1. The van der Waals surface area contributed by atoms with E-state index in [4.69, 9.17) is 19.7 Å². The number of aliphatic hydroxyl groups excluding tert-OH is 2. The molecule has 7 nitrogen and oxygen atoms in total. The Morgan fingerprint density at radius 2 is 1.79 bits per heavy atom. The minimum absolute atomic E-state index is 0.0105. The fourth-order valence-electron chi connectivity index (χ4n) is 1.61. The first-order chi connectivity index (χ1) is 9.06. The van der Waals surface area contributed by atoms with Crippen LogP contribution in [0.2, 0.25) is 0 Å². The van der Waals surface area contributed by atoms with Crippen LogP contribution < -0.4 is 14.2 Å². The van der Waals surface area contributed by atoms with Crippen LogP contribution >= 0.6 is 0 Å². The summed E-state index contributed by atoms with van der Waals surface area (Å²) in [6.45, 7) is -0.186. The predicted molar refractivity (Wildman–Crippen MR) is 65.7 cm³/mol. The summed E-state index contributed by atoms with van der Waals surface area (Å²) in [5.41, 5.74) is 0. The number of benzene rings is 1. The Labute approximate surface area is 110 Å². The van der Waals surface area contributed by atoms with E-state index < -0.39 is 29.3 Å². The van der Waals surface area contributed by atoms with E-state index in [2.05, 4.69) is 4.72 Å². The number of ether oxygens (including phenoxy) is 2. The topological polar surface area (TPSA) is 105 Å². The Balaban J connectivity index is 2.25. The molecule has 0 spiro atoms. The highest BCUT2D eigenvalue weighted by atomic mass is 32.2. The lowest BCUT2D eigenvalue weighted by Gasteiger charge is -2.19. The third-order valence-electron chi connectivity index (χ3n) is 2.59. The highest BCUT2D eigenvalue weighted by molar-refractivity contribution is 7.89. The summed E-state index contributed by atoms with van der Waals surface area (Å²) >= 11 is 0. The van der Waals surface area contributed by atoms with Gasteiger partial charge >= 0.3 is 0 Å². The van der Waals surface area contributed by atoms with Gasteiger partial charge in [0.15, 0.2) is 11.5 Å². The van der Waals surface area contributed by atoms with E-state index >= 15 is 0 Å². The lowest BCUT2D eigenvalue weighted by Crippen LogP contribution is -2.40. The number of aliphatic hydroxyl groups is 2. The molecule has 3 N–H and O–H groups in total. The normalized spacial score (nSPS) is 14.7. The smallest absolute Gasteiger partial charge is 0.241 e. The standard InChI is InChI=1S/C11H15NO6S/c13-6-8(7-14)12-19(15,16)9-1-2-10-11(5-9)18-4-3-17-10/h1-2,5,8,12-14H,3-4,6-7H2. The Bertz CT molecular complexity index is 540. The molecule has 0 aromatic heterocycles. The second kappa shape index (κ2) is 5.74. The van der Waals surface area contributed by atoms with Crippen molar-refractivity contribution in [2.75, 3.05) is 26.4 Å². The van der Waals surface area contributed by atoms with Gasteiger partial charge in [0, 0.05) is 6.07 Å². The second-order valence-corrected chi connectivity index (χ2v) is 5.70. The minimum atomic E-state index is -3.82. The maximum Gasteiger partial charge on any atom is 0.241 e. The van der Waals surface area contributed by atoms with Crippen molar-refractivity contribution < 1.29 is 28.1 Å². The van der Waals surface area contributed by atoms with Crippen LogP contribution in [0.15, 0.2) is 23.1 Å². The zero-order chi connectivity index (χ0) is 13.9. The lowest BCUT2D eigenvalue weighted by atomic mass is 10.3. The fraction of sp³-hybridized carbons (Fsp3) is 0.455. The summed E-state index contributed by atoms with van der Waals surface area (Å²) in [7, 11) is -3.82. The maximum atomic E-state index is 12.0. The predicted octanol–water partition coefficient (Wildman–Crippen LogP) is -0.911. The first-order valence-electron chi connectivity index (χ1n) is 5.70. The Kier molecular flexibility index (Phi) is 4.25. The fourth-order valence-corrected chi connectivity index (χ4v) is 2.84. The summed E-state index contributed by atoms with van der Waals surface area (Å²) in [5.74, 6) is 0.852. The summed E-state index contributed by atoms with van der Waals surface area (Å²) in [4.78, 5) is -0.0105. The molecule has 1 aromatic carbocycles. The van der Waals surface area contributed by atoms with Crippen molar-refractivity contribution in [2.45, 2.75) is 10.9 Å². The van der Waals surface area contributed by atoms with Crippen molar-refractivity contribution in [3.63, 3.8) is 0 Å². The molecular formula is C11H15NO6S. The highest BCUT2D eigenvalue weighted by Gasteiger charge is 2.22. The molecule has 1 aliphatic heterocycles. The molecule has 19 heavy (non-hydrogen) atoms. The molecule has 0 aliphatic carbocycles. The van der Waals surface area contributed by atoms with Gasteiger partial charge in [-0.15, -0.1) is 0 Å². The summed E-state index contributed by atoms with van der Waals surface area (Å²) in [6.07, 6.45) is 0. The van der Waals surface area contributed by atoms with E-state index in [1.807, 2.05) is 0 Å². The average molecular weight is 289 g/mol.